The molecule has 3 aromatic heterocycles. The second-order valence-corrected chi connectivity index (χ2v) is 9.32. The molecule has 1 amide bonds. The Bertz CT molecular complexity index is 1110. The lowest BCUT2D eigenvalue weighted by Gasteiger charge is -2.18. The predicted octanol–water partition coefficient (Wildman–Crippen LogP) is 4.62. The molecule has 0 unspecified atom stereocenters. The third kappa shape index (κ3) is 5.32. The number of amides is 1. The van der Waals surface area contributed by atoms with Crippen molar-refractivity contribution in [1.29, 1.82) is 0 Å². The summed E-state index contributed by atoms with van der Waals surface area (Å²) in [4.78, 5) is 17.9. The van der Waals surface area contributed by atoms with E-state index in [9.17, 15) is 9.18 Å². The molecule has 6 nitrogen and oxygen atoms in total. The second-order valence-electron chi connectivity index (χ2n) is 6.35. The number of carbonyl (C=O) groups is 1. The predicted molar refractivity (Wildman–Crippen MR) is 115 cm³/mol. The molecule has 0 spiro atoms. The van der Waals surface area contributed by atoms with Crippen LogP contribution in [-0.2, 0) is 11.2 Å². The summed E-state index contributed by atoms with van der Waals surface area (Å²) in [5.74, 6) is 0.0923. The highest BCUT2D eigenvalue weighted by Gasteiger charge is 2.19. The summed E-state index contributed by atoms with van der Waals surface area (Å²) < 4.78 is 18.9. The highest BCUT2D eigenvalue weighted by atomic mass is 32.2. The van der Waals surface area contributed by atoms with Gasteiger partial charge in [0.1, 0.15) is 5.82 Å². The molecular weight excluding hydrogens is 443 g/mol. The molecule has 30 heavy (non-hydrogen) atoms. The molecule has 0 aliphatic carbocycles. The Morgan fingerprint density at radius 3 is 2.77 bits per heavy atom. The van der Waals surface area contributed by atoms with Crippen molar-refractivity contribution in [2.75, 3.05) is 5.75 Å². The Morgan fingerprint density at radius 2 is 2.07 bits per heavy atom. The van der Waals surface area contributed by atoms with Crippen LogP contribution in [0.4, 0.5) is 4.39 Å². The maximum absolute atomic E-state index is 13.3. The first-order chi connectivity index (χ1) is 14.6. The lowest BCUT2D eigenvalue weighted by molar-refractivity contribution is -0.119. The number of benzene rings is 1. The number of thiophene rings is 1. The van der Waals surface area contributed by atoms with Gasteiger partial charge in [0.05, 0.1) is 28.9 Å². The van der Waals surface area contributed by atoms with E-state index in [2.05, 4.69) is 20.5 Å². The minimum Gasteiger partial charge on any atom is -0.416 e. The average molecular weight is 461 g/mol. The van der Waals surface area contributed by atoms with Gasteiger partial charge in [-0.3, -0.25) is 4.79 Å². The van der Waals surface area contributed by atoms with Gasteiger partial charge in [0, 0.05) is 10.3 Å². The SMILES string of the molecule is Cc1nc(Cc2nnc(SCC(=O)N[C@H](c3ccc(F)cc3)c3cccs3)o2)cs1. The summed E-state index contributed by atoms with van der Waals surface area (Å²) in [6, 6.07) is 9.65. The third-order valence-electron chi connectivity index (χ3n) is 4.11. The van der Waals surface area contributed by atoms with Gasteiger partial charge in [-0.05, 0) is 36.1 Å². The fourth-order valence-electron chi connectivity index (χ4n) is 2.77. The van der Waals surface area contributed by atoms with Crippen molar-refractivity contribution >= 4 is 40.3 Å². The summed E-state index contributed by atoms with van der Waals surface area (Å²) >= 11 is 4.28. The zero-order valence-corrected chi connectivity index (χ0v) is 18.3. The maximum Gasteiger partial charge on any atom is 0.277 e. The first kappa shape index (κ1) is 20.7. The Hall–Kier alpha value is -2.56. The van der Waals surface area contributed by atoms with Crippen LogP contribution in [-0.4, -0.2) is 26.8 Å². The molecular formula is C20H17FN4O2S3. The van der Waals surface area contributed by atoms with Crippen molar-refractivity contribution in [3.63, 3.8) is 0 Å². The number of hydrogen-bond donors (Lipinski definition) is 1. The van der Waals surface area contributed by atoms with Crippen LogP contribution < -0.4 is 5.32 Å². The third-order valence-corrected chi connectivity index (χ3v) is 6.69. The first-order valence-corrected chi connectivity index (χ1v) is 11.8. The van der Waals surface area contributed by atoms with Gasteiger partial charge in [0.15, 0.2) is 0 Å². The highest BCUT2D eigenvalue weighted by molar-refractivity contribution is 7.99. The van der Waals surface area contributed by atoms with E-state index in [1.54, 1.807) is 23.5 Å². The maximum atomic E-state index is 13.3. The number of aryl methyl sites for hydroxylation is 1. The first-order valence-electron chi connectivity index (χ1n) is 9.01. The molecule has 0 saturated heterocycles. The summed E-state index contributed by atoms with van der Waals surface area (Å²) in [7, 11) is 0. The summed E-state index contributed by atoms with van der Waals surface area (Å²) in [6.45, 7) is 1.94. The topological polar surface area (TPSA) is 80.9 Å². The fraction of sp³-hybridized carbons (Fsp3) is 0.200. The van der Waals surface area contributed by atoms with Crippen molar-refractivity contribution in [2.24, 2.45) is 0 Å². The number of thiazole rings is 1. The van der Waals surface area contributed by atoms with Gasteiger partial charge in [0.2, 0.25) is 11.8 Å². The lowest BCUT2D eigenvalue weighted by Crippen LogP contribution is -2.30. The molecule has 154 valence electrons. The molecule has 1 aromatic carbocycles. The molecule has 10 heteroatoms. The van der Waals surface area contributed by atoms with Crippen LogP contribution >= 0.6 is 34.4 Å². The Morgan fingerprint density at radius 1 is 1.23 bits per heavy atom. The molecule has 3 heterocycles. The molecule has 0 fully saturated rings. The molecule has 0 radical (unpaired) electrons. The minimum absolute atomic E-state index is 0.126. The number of halogens is 1. The van der Waals surface area contributed by atoms with Crippen LogP contribution in [0, 0.1) is 12.7 Å². The normalized spacial score (nSPS) is 12.1. The number of carbonyl (C=O) groups excluding carboxylic acids is 1. The van der Waals surface area contributed by atoms with Gasteiger partial charge in [-0.1, -0.05) is 30.0 Å². The number of thioether (sulfide) groups is 1. The summed E-state index contributed by atoms with van der Waals surface area (Å²) in [5, 5.41) is 16.2. The van der Waals surface area contributed by atoms with Crippen LogP contribution in [0.15, 0.2) is 56.8 Å². The molecule has 0 saturated carbocycles. The van der Waals surface area contributed by atoms with E-state index in [4.69, 9.17) is 4.42 Å². The van der Waals surface area contributed by atoms with Gasteiger partial charge in [-0.15, -0.1) is 32.9 Å². The molecule has 4 rings (SSSR count). The van der Waals surface area contributed by atoms with E-state index >= 15 is 0 Å². The largest absolute Gasteiger partial charge is 0.416 e. The van der Waals surface area contributed by atoms with Crippen molar-refractivity contribution in [3.8, 4) is 0 Å². The van der Waals surface area contributed by atoms with Gasteiger partial charge in [-0.25, -0.2) is 9.37 Å². The van der Waals surface area contributed by atoms with Crippen LogP contribution in [0.3, 0.4) is 0 Å². The fourth-order valence-corrected chi connectivity index (χ4v) is 4.78. The van der Waals surface area contributed by atoms with Crippen LogP contribution in [0.5, 0.6) is 0 Å². The van der Waals surface area contributed by atoms with E-state index in [1.165, 1.54) is 35.2 Å². The number of hydrogen-bond acceptors (Lipinski definition) is 8. The number of rotatable bonds is 8. The van der Waals surface area contributed by atoms with Crippen LogP contribution in [0.1, 0.15) is 33.1 Å². The van der Waals surface area contributed by atoms with Gasteiger partial charge >= 0.3 is 0 Å². The second kappa shape index (κ2) is 9.50. The highest BCUT2D eigenvalue weighted by Crippen LogP contribution is 2.27. The molecule has 0 bridgehead atoms. The monoisotopic (exact) mass is 460 g/mol. The smallest absolute Gasteiger partial charge is 0.277 e. The average Bonchev–Trinajstić information content (AvgIpc) is 3.49. The van der Waals surface area contributed by atoms with Crippen molar-refractivity contribution < 1.29 is 13.6 Å². The van der Waals surface area contributed by atoms with Crippen molar-refractivity contribution in [2.45, 2.75) is 24.6 Å². The van der Waals surface area contributed by atoms with Crippen LogP contribution in [0.25, 0.3) is 0 Å². The molecule has 0 aliphatic rings. The van der Waals surface area contributed by atoms with Gasteiger partial charge in [-0.2, -0.15) is 0 Å². The van der Waals surface area contributed by atoms with Crippen LogP contribution in [0.2, 0.25) is 0 Å². The zero-order valence-electron chi connectivity index (χ0n) is 15.9. The van der Waals surface area contributed by atoms with E-state index in [1.807, 2.05) is 29.8 Å². The Kier molecular flexibility index (Phi) is 6.56. The number of aromatic nitrogens is 3. The standard InChI is InChI=1S/C20H17FN4O2S3/c1-12-22-15(10-29-12)9-18-24-25-20(27-18)30-11-17(26)23-19(16-3-2-8-28-16)13-4-6-14(21)7-5-13/h2-8,10,19H,9,11H2,1H3,(H,23,26)/t19-/m1/s1. The van der Waals surface area contributed by atoms with Crippen molar-refractivity contribution in [3.05, 3.63) is 80.0 Å². The molecule has 0 aliphatic heterocycles. The quantitative estimate of drug-likeness (QED) is 0.386. The van der Waals surface area contributed by atoms with Gasteiger partial charge < -0.3 is 9.73 Å². The van der Waals surface area contributed by atoms with E-state index in [0.29, 0.717) is 17.5 Å². The lowest BCUT2D eigenvalue weighted by atomic mass is 10.1. The Labute approximate surface area is 184 Å². The molecule has 4 aromatic rings. The number of nitrogens with zero attached hydrogens (tertiary/aromatic N) is 3. The van der Waals surface area contributed by atoms with E-state index in [-0.39, 0.29) is 23.5 Å². The van der Waals surface area contributed by atoms with E-state index in [0.717, 1.165) is 21.1 Å². The molecule has 1 N–H and O–H groups in total. The Balaban J connectivity index is 1.36. The number of nitrogens with one attached hydrogen (secondary N) is 1. The zero-order chi connectivity index (χ0) is 20.9. The minimum atomic E-state index is -0.343. The van der Waals surface area contributed by atoms with Crippen molar-refractivity contribution in [1.82, 2.24) is 20.5 Å². The van der Waals surface area contributed by atoms with E-state index < -0.39 is 0 Å². The van der Waals surface area contributed by atoms with Gasteiger partial charge in [0.25, 0.3) is 5.22 Å². The summed E-state index contributed by atoms with van der Waals surface area (Å²) in [6.07, 6.45) is 0.467. The molecule has 1 atom stereocenters. The summed E-state index contributed by atoms with van der Waals surface area (Å²) in [5.41, 5.74) is 1.70.